The number of fused-ring (bicyclic) bond motifs is 1. The summed E-state index contributed by atoms with van der Waals surface area (Å²) < 4.78 is 7.37. The van der Waals surface area contributed by atoms with Crippen LogP contribution in [0.4, 0.5) is 5.82 Å². The molecule has 9 heteroatoms. The number of likely N-dealkylation sites (N-methyl/N-ethyl adjacent to an activating group) is 1. The van der Waals surface area contributed by atoms with Gasteiger partial charge in [0.05, 0.1) is 17.5 Å². The van der Waals surface area contributed by atoms with Gasteiger partial charge in [-0.15, -0.1) is 0 Å². The van der Waals surface area contributed by atoms with Gasteiger partial charge < -0.3 is 14.5 Å². The lowest BCUT2D eigenvalue weighted by molar-refractivity contribution is -0.147. The normalized spacial score (nSPS) is 17.4. The van der Waals surface area contributed by atoms with Gasteiger partial charge in [-0.25, -0.2) is 9.97 Å². The molecule has 0 N–H and O–H groups in total. The molecule has 0 unspecified atom stereocenters. The van der Waals surface area contributed by atoms with Crippen molar-refractivity contribution < 1.29 is 14.3 Å². The molecule has 208 valence electrons. The monoisotopic (exact) mass is 524 g/mol. The fraction of sp³-hybridized carbons (Fsp3) is 0.690. The van der Waals surface area contributed by atoms with Crippen molar-refractivity contribution in [1.29, 1.82) is 5.26 Å². The topological polar surface area (TPSA) is 104 Å². The number of hydrogen-bond acceptors (Lipinski definition) is 7. The molecule has 0 bridgehead atoms. The van der Waals surface area contributed by atoms with E-state index in [-0.39, 0.29) is 31.1 Å². The number of nitriles is 1. The summed E-state index contributed by atoms with van der Waals surface area (Å²) in [7, 11) is 1.99. The van der Waals surface area contributed by atoms with Crippen LogP contribution >= 0.6 is 0 Å². The van der Waals surface area contributed by atoms with Crippen LogP contribution in [0.5, 0.6) is 0 Å². The van der Waals surface area contributed by atoms with Crippen molar-refractivity contribution in [2.45, 2.75) is 104 Å². The number of rotatable bonds is 15. The molecule has 0 aromatic carbocycles. The molecule has 1 fully saturated rings. The number of unbranched alkanes of at least 4 members (excludes halogenated alkanes) is 8. The lowest BCUT2D eigenvalue weighted by Crippen LogP contribution is -2.52. The number of amides is 1. The Hall–Kier alpha value is -3.15. The van der Waals surface area contributed by atoms with Gasteiger partial charge in [0.1, 0.15) is 24.2 Å². The summed E-state index contributed by atoms with van der Waals surface area (Å²) in [4.78, 5) is 37.5. The summed E-state index contributed by atoms with van der Waals surface area (Å²) in [5.74, 6) is 0.835. The maximum absolute atomic E-state index is 12.3. The molecule has 0 spiro atoms. The second kappa shape index (κ2) is 15.3. The Morgan fingerprint density at radius 3 is 2.55 bits per heavy atom. The van der Waals surface area contributed by atoms with Crippen molar-refractivity contribution in [3.63, 3.8) is 0 Å². The first-order valence-corrected chi connectivity index (χ1v) is 14.3. The molecule has 3 rings (SSSR count). The third-order valence-corrected chi connectivity index (χ3v) is 7.72. The molecule has 1 aliphatic rings. The summed E-state index contributed by atoms with van der Waals surface area (Å²) in [6.07, 6.45) is 15.5. The van der Waals surface area contributed by atoms with E-state index < -0.39 is 0 Å². The minimum Gasteiger partial charge on any atom is -0.444 e. The van der Waals surface area contributed by atoms with E-state index in [0.717, 1.165) is 30.5 Å². The lowest BCUT2D eigenvalue weighted by atomic mass is 9.92. The number of likely N-dealkylation sites (tertiary alicyclic amines) is 1. The Balaban J connectivity index is 1.51. The third kappa shape index (κ3) is 8.17. The first-order chi connectivity index (χ1) is 18.5. The second-order valence-electron chi connectivity index (χ2n) is 10.6. The minimum absolute atomic E-state index is 0.0713. The van der Waals surface area contributed by atoms with Gasteiger partial charge in [0.2, 0.25) is 5.91 Å². The lowest BCUT2D eigenvalue weighted by Gasteiger charge is -2.42. The molecule has 0 radical (unpaired) electrons. The molecule has 0 aliphatic carbocycles. The first-order valence-electron chi connectivity index (χ1n) is 14.3. The van der Waals surface area contributed by atoms with E-state index in [1.165, 1.54) is 51.3 Å². The maximum atomic E-state index is 12.3. The van der Waals surface area contributed by atoms with Crippen LogP contribution < -0.4 is 4.90 Å². The molecule has 3 heterocycles. The van der Waals surface area contributed by atoms with Crippen molar-refractivity contribution in [2.24, 2.45) is 5.92 Å². The Labute approximate surface area is 227 Å². The highest BCUT2D eigenvalue weighted by Gasteiger charge is 2.32. The van der Waals surface area contributed by atoms with Crippen LogP contribution in [0.25, 0.3) is 11.0 Å². The standard InChI is InChI=1S/C29H44N6O3/c1-4-5-6-7-8-9-10-11-12-13-27(37)38-22-35-19-16-24-28(31-21-32-29(24)35)33(3)25-20-34(18-15-23(25)2)26(36)14-17-30/h16,19,21,23,25H,4-15,18,20,22H2,1-3H3/t23-,25+/m1/s1. The average molecular weight is 525 g/mol. The molecule has 1 saturated heterocycles. The van der Waals surface area contributed by atoms with Gasteiger partial charge >= 0.3 is 5.97 Å². The number of anilines is 1. The molecule has 38 heavy (non-hydrogen) atoms. The number of ether oxygens (including phenoxy) is 1. The first kappa shape index (κ1) is 29.4. The average Bonchev–Trinajstić information content (AvgIpc) is 3.34. The predicted molar refractivity (Wildman–Crippen MR) is 148 cm³/mol. The van der Waals surface area contributed by atoms with E-state index >= 15 is 0 Å². The van der Waals surface area contributed by atoms with Crippen LogP contribution in [0.2, 0.25) is 0 Å². The molecular weight excluding hydrogens is 480 g/mol. The highest BCUT2D eigenvalue weighted by atomic mass is 16.5. The number of nitrogens with zero attached hydrogens (tertiary/aromatic N) is 6. The minimum atomic E-state index is -0.181. The highest BCUT2D eigenvalue weighted by Crippen LogP contribution is 2.29. The largest absolute Gasteiger partial charge is 0.444 e. The van der Waals surface area contributed by atoms with Crippen LogP contribution in [0.3, 0.4) is 0 Å². The van der Waals surface area contributed by atoms with Gasteiger partial charge in [-0.1, -0.05) is 65.2 Å². The van der Waals surface area contributed by atoms with E-state index in [4.69, 9.17) is 10.00 Å². The van der Waals surface area contributed by atoms with Gasteiger partial charge in [0.15, 0.2) is 6.73 Å². The van der Waals surface area contributed by atoms with Gasteiger partial charge in [0.25, 0.3) is 0 Å². The molecule has 2 atom stereocenters. The number of aromatic nitrogens is 3. The van der Waals surface area contributed by atoms with Crippen LogP contribution in [-0.2, 0) is 21.1 Å². The third-order valence-electron chi connectivity index (χ3n) is 7.72. The van der Waals surface area contributed by atoms with E-state index in [1.54, 1.807) is 4.90 Å². The summed E-state index contributed by atoms with van der Waals surface area (Å²) in [5.41, 5.74) is 0.707. The SMILES string of the molecule is CCCCCCCCCCCC(=O)OCn1ccc2c(N(C)[C@H]3CN(C(=O)CC#N)CC[C@H]3C)ncnc21. The number of hydrogen-bond donors (Lipinski definition) is 0. The number of carbonyl (C=O) groups excluding carboxylic acids is 2. The molecular formula is C29H44N6O3. The van der Waals surface area contributed by atoms with Gasteiger partial charge in [-0.3, -0.25) is 14.2 Å². The van der Waals surface area contributed by atoms with Crippen LogP contribution in [0, 0.1) is 17.2 Å². The van der Waals surface area contributed by atoms with Crippen molar-refractivity contribution in [1.82, 2.24) is 19.4 Å². The van der Waals surface area contributed by atoms with Gasteiger partial charge in [0, 0.05) is 32.8 Å². The van der Waals surface area contributed by atoms with Crippen LogP contribution in [-0.4, -0.2) is 57.5 Å². The molecule has 1 amide bonds. The fourth-order valence-corrected chi connectivity index (χ4v) is 5.29. The Morgan fingerprint density at radius 2 is 1.84 bits per heavy atom. The summed E-state index contributed by atoms with van der Waals surface area (Å²) in [5, 5.41) is 9.79. The van der Waals surface area contributed by atoms with E-state index in [0.29, 0.717) is 31.1 Å². The van der Waals surface area contributed by atoms with Crippen molar-refractivity contribution in [3.05, 3.63) is 18.6 Å². The fourth-order valence-electron chi connectivity index (χ4n) is 5.29. The Morgan fingerprint density at radius 1 is 1.13 bits per heavy atom. The van der Waals surface area contributed by atoms with Gasteiger partial charge in [-0.2, -0.15) is 5.26 Å². The molecule has 2 aromatic heterocycles. The highest BCUT2D eigenvalue weighted by molar-refractivity contribution is 5.88. The zero-order valence-corrected chi connectivity index (χ0v) is 23.4. The van der Waals surface area contributed by atoms with Crippen molar-refractivity contribution >= 4 is 28.7 Å². The number of piperidine rings is 1. The van der Waals surface area contributed by atoms with Crippen LogP contribution in [0.15, 0.2) is 18.6 Å². The summed E-state index contributed by atoms with van der Waals surface area (Å²) in [6, 6.07) is 3.98. The zero-order valence-electron chi connectivity index (χ0n) is 23.4. The van der Waals surface area contributed by atoms with E-state index in [9.17, 15) is 9.59 Å². The zero-order chi connectivity index (χ0) is 27.3. The Kier molecular flexibility index (Phi) is 11.8. The molecule has 2 aromatic rings. The Bertz CT molecular complexity index is 1080. The number of esters is 1. The second-order valence-corrected chi connectivity index (χ2v) is 10.6. The van der Waals surface area contributed by atoms with E-state index in [2.05, 4.69) is 28.7 Å². The van der Waals surface area contributed by atoms with Gasteiger partial charge in [-0.05, 0) is 24.8 Å². The molecule has 1 aliphatic heterocycles. The molecule has 0 saturated carbocycles. The predicted octanol–water partition coefficient (Wildman–Crippen LogP) is 5.44. The summed E-state index contributed by atoms with van der Waals surface area (Å²) >= 11 is 0. The van der Waals surface area contributed by atoms with Crippen LogP contribution in [0.1, 0.15) is 90.9 Å². The van der Waals surface area contributed by atoms with Crippen molar-refractivity contribution in [2.75, 3.05) is 25.0 Å². The quantitative estimate of drug-likeness (QED) is 0.226. The van der Waals surface area contributed by atoms with E-state index in [1.807, 2.05) is 29.9 Å². The smallest absolute Gasteiger partial charge is 0.307 e. The maximum Gasteiger partial charge on any atom is 0.307 e. The summed E-state index contributed by atoms with van der Waals surface area (Å²) in [6.45, 7) is 5.77. The number of carbonyl (C=O) groups is 2. The van der Waals surface area contributed by atoms with Crippen molar-refractivity contribution in [3.8, 4) is 6.07 Å². The molecule has 9 nitrogen and oxygen atoms in total.